The van der Waals surface area contributed by atoms with Gasteiger partial charge in [0.15, 0.2) is 0 Å². The number of hydrogen-bond donors (Lipinski definition) is 0. The first-order valence-electron chi connectivity index (χ1n) is 10.9. The second-order valence-corrected chi connectivity index (χ2v) is 9.19. The largest absolute Gasteiger partial charge is 0.465 e. The Morgan fingerprint density at radius 3 is 1.96 bits per heavy atom. The first-order valence-corrected chi connectivity index (χ1v) is 10.9. The van der Waals surface area contributed by atoms with Crippen LogP contribution in [0.4, 0.5) is 0 Å². The van der Waals surface area contributed by atoms with Crippen molar-refractivity contribution in [3.8, 4) is 0 Å². The van der Waals surface area contributed by atoms with E-state index in [1.165, 1.54) is 83.5 Å². The van der Waals surface area contributed by atoms with Gasteiger partial charge in [0.1, 0.15) is 0 Å². The maximum Gasteiger partial charge on any atom is 0.306 e. The van der Waals surface area contributed by atoms with Gasteiger partial charge in [-0.25, -0.2) is 0 Å². The first-order chi connectivity index (χ1) is 11.7. The Morgan fingerprint density at radius 1 is 0.750 bits per heavy atom. The monoisotopic (exact) mass is 334 g/mol. The van der Waals surface area contributed by atoms with Crippen LogP contribution in [0, 0.1) is 29.6 Å². The minimum atomic E-state index is 0.0792. The lowest BCUT2D eigenvalue weighted by atomic mass is 9.69. The van der Waals surface area contributed by atoms with Crippen molar-refractivity contribution in [3.63, 3.8) is 0 Å². The topological polar surface area (TPSA) is 26.3 Å². The molecular weight excluding hydrogens is 296 g/mol. The fraction of sp³-hybridized carbons (Fsp3) is 0.955. The number of ether oxygens (including phenoxy) is 1. The van der Waals surface area contributed by atoms with E-state index in [9.17, 15) is 4.79 Å². The molecule has 3 rings (SSSR count). The van der Waals surface area contributed by atoms with Crippen molar-refractivity contribution in [1.82, 2.24) is 0 Å². The van der Waals surface area contributed by atoms with Crippen molar-refractivity contribution in [2.24, 2.45) is 29.6 Å². The van der Waals surface area contributed by atoms with E-state index in [1.54, 1.807) is 0 Å². The molecule has 0 aromatic heterocycles. The molecule has 0 aromatic carbocycles. The Labute approximate surface area is 149 Å². The molecule has 0 radical (unpaired) electrons. The van der Waals surface area contributed by atoms with Crippen LogP contribution < -0.4 is 0 Å². The molecule has 138 valence electrons. The zero-order valence-electron chi connectivity index (χ0n) is 15.8. The highest BCUT2D eigenvalue weighted by Crippen LogP contribution is 2.41. The molecule has 0 aliphatic heterocycles. The van der Waals surface area contributed by atoms with Gasteiger partial charge in [-0.1, -0.05) is 39.0 Å². The normalized spacial score (nSPS) is 35.5. The van der Waals surface area contributed by atoms with Gasteiger partial charge in [0.25, 0.3) is 0 Å². The van der Waals surface area contributed by atoms with Crippen LogP contribution in [0.5, 0.6) is 0 Å². The molecule has 3 saturated carbocycles. The fourth-order valence-corrected chi connectivity index (χ4v) is 5.48. The van der Waals surface area contributed by atoms with E-state index in [0.717, 1.165) is 17.8 Å². The van der Waals surface area contributed by atoms with Crippen molar-refractivity contribution < 1.29 is 9.53 Å². The average Bonchev–Trinajstić information content (AvgIpc) is 2.62. The van der Waals surface area contributed by atoms with E-state index in [1.807, 2.05) is 0 Å². The van der Waals surface area contributed by atoms with Crippen molar-refractivity contribution >= 4 is 5.97 Å². The standard InChI is InChI=1S/C22H38O2/c1-17-7-11-20(12-8-17)21-13-9-18(10-14-21)15-22(23)24-16-19-5-3-2-4-6-19/h17-21H,2-16H2,1H3. The molecule has 3 aliphatic carbocycles. The summed E-state index contributed by atoms with van der Waals surface area (Å²) in [6.07, 6.45) is 18.3. The van der Waals surface area contributed by atoms with Crippen LogP contribution >= 0.6 is 0 Å². The first kappa shape index (κ1) is 18.3. The molecule has 2 nitrogen and oxygen atoms in total. The van der Waals surface area contributed by atoms with Crippen LogP contribution in [0.2, 0.25) is 0 Å². The predicted molar refractivity (Wildman–Crippen MR) is 98.7 cm³/mol. The van der Waals surface area contributed by atoms with E-state index in [4.69, 9.17) is 4.74 Å². The van der Waals surface area contributed by atoms with Crippen molar-refractivity contribution in [1.29, 1.82) is 0 Å². The third-order valence-corrected chi connectivity index (χ3v) is 7.28. The van der Waals surface area contributed by atoms with Crippen LogP contribution in [0.3, 0.4) is 0 Å². The van der Waals surface area contributed by atoms with E-state index < -0.39 is 0 Å². The van der Waals surface area contributed by atoms with Crippen molar-refractivity contribution in [3.05, 3.63) is 0 Å². The molecule has 3 aliphatic rings. The summed E-state index contributed by atoms with van der Waals surface area (Å²) in [6, 6.07) is 0. The summed E-state index contributed by atoms with van der Waals surface area (Å²) >= 11 is 0. The molecule has 0 spiro atoms. The van der Waals surface area contributed by atoms with Gasteiger partial charge < -0.3 is 4.74 Å². The van der Waals surface area contributed by atoms with Gasteiger partial charge in [0.2, 0.25) is 0 Å². The molecule has 0 bridgehead atoms. The summed E-state index contributed by atoms with van der Waals surface area (Å²) in [7, 11) is 0. The lowest BCUT2D eigenvalue weighted by Crippen LogP contribution is -2.26. The predicted octanol–water partition coefficient (Wildman–Crippen LogP) is 6.13. The Kier molecular flexibility index (Phi) is 7.04. The number of rotatable bonds is 5. The average molecular weight is 335 g/mol. The van der Waals surface area contributed by atoms with Crippen LogP contribution in [0.1, 0.15) is 96.8 Å². The Bertz CT molecular complexity index is 369. The van der Waals surface area contributed by atoms with Gasteiger partial charge in [-0.3, -0.25) is 4.79 Å². The number of hydrogen-bond acceptors (Lipinski definition) is 2. The third-order valence-electron chi connectivity index (χ3n) is 7.28. The zero-order chi connectivity index (χ0) is 16.8. The molecule has 3 fully saturated rings. The van der Waals surface area contributed by atoms with Crippen LogP contribution in [0.25, 0.3) is 0 Å². The molecule has 0 atom stereocenters. The summed E-state index contributed by atoms with van der Waals surface area (Å²) in [5.74, 6) is 4.22. The van der Waals surface area contributed by atoms with Crippen LogP contribution in [0.15, 0.2) is 0 Å². The summed E-state index contributed by atoms with van der Waals surface area (Å²) in [5.41, 5.74) is 0. The third kappa shape index (κ3) is 5.49. The highest BCUT2D eigenvalue weighted by Gasteiger charge is 2.30. The fourth-order valence-electron chi connectivity index (χ4n) is 5.48. The quantitative estimate of drug-likeness (QED) is 0.565. The minimum absolute atomic E-state index is 0.0792. The zero-order valence-corrected chi connectivity index (χ0v) is 15.8. The number of carbonyl (C=O) groups excluding carboxylic acids is 1. The molecule has 0 N–H and O–H groups in total. The van der Waals surface area contributed by atoms with Crippen LogP contribution in [-0.2, 0) is 9.53 Å². The van der Waals surface area contributed by atoms with Gasteiger partial charge >= 0.3 is 5.97 Å². The summed E-state index contributed by atoms with van der Waals surface area (Å²) in [4.78, 5) is 12.2. The maximum absolute atomic E-state index is 12.2. The SMILES string of the molecule is CC1CCC(C2CCC(CC(=O)OCC3CCCCC3)CC2)CC1. The molecule has 0 amide bonds. The van der Waals surface area contributed by atoms with E-state index in [2.05, 4.69) is 6.92 Å². The Morgan fingerprint density at radius 2 is 1.33 bits per heavy atom. The number of carbonyl (C=O) groups is 1. The minimum Gasteiger partial charge on any atom is -0.465 e. The highest BCUT2D eigenvalue weighted by molar-refractivity contribution is 5.69. The second kappa shape index (κ2) is 9.25. The van der Waals surface area contributed by atoms with Gasteiger partial charge in [0, 0.05) is 6.42 Å². The van der Waals surface area contributed by atoms with E-state index in [-0.39, 0.29) is 5.97 Å². The Hall–Kier alpha value is -0.530. The van der Waals surface area contributed by atoms with Crippen LogP contribution in [-0.4, -0.2) is 12.6 Å². The van der Waals surface area contributed by atoms with Gasteiger partial charge in [-0.15, -0.1) is 0 Å². The molecule has 0 heterocycles. The van der Waals surface area contributed by atoms with Crippen molar-refractivity contribution in [2.75, 3.05) is 6.61 Å². The summed E-state index contributed by atoms with van der Waals surface area (Å²) in [5, 5.41) is 0. The van der Waals surface area contributed by atoms with E-state index >= 15 is 0 Å². The molecular formula is C22H38O2. The molecule has 0 saturated heterocycles. The van der Waals surface area contributed by atoms with Crippen molar-refractivity contribution in [2.45, 2.75) is 96.8 Å². The summed E-state index contributed by atoms with van der Waals surface area (Å²) in [6.45, 7) is 3.10. The van der Waals surface area contributed by atoms with Gasteiger partial charge in [-0.05, 0) is 81.0 Å². The van der Waals surface area contributed by atoms with Gasteiger partial charge in [0.05, 0.1) is 6.61 Å². The maximum atomic E-state index is 12.2. The number of esters is 1. The molecule has 0 unspecified atom stereocenters. The Balaban J connectivity index is 1.30. The molecule has 24 heavy (non-hydrogen) atoms. The highest BCUT2D eigenvalue weighted by atomic mass is 16.5. The van der Waals surface area contributed by atoms with E-state index in [0.29, 0.717) is 24.9 Å². The summed E-state index contributed by atoms with van der Waals surface area (Å²) < 4.78 is 5.60. The molecule has 0 aromatic rings. The lowest BCUT2D eigenvalue weighted by molar-refractivity contribution is -0.146. The van der Waals surface area contributed by atoms with Gasteiger partial charge in [-0.2, -0.15) is 0 Å². The molecule has 2 heteroatoms. The smallest absolute Gasteiger partial charge is 0.306 e. The second-order valence-electron chi connectivity index (χ2n) is 9.19. The lowest BCUT2D eigenvalue weighted by Gasteiger charge is -2.37.